The van der Waals surface area contributed by atoms with E-state index in [0.29, 0.717) is 40.2 Å². The highest BCUT2D eigenvalue weighted by molar-refractivity contribution is 5.91. The van der Waals surface area contributed by atoms with Crippen LogP contribution in [0.5, 0.6) is 11.5 Å². The SMILES string of the molecule is Cc1cc(=O)oc2c3c(cc(O)c12)OC1CC3n2ncnc2N1. The minimum atomic E-state index is -0.460. The first-order chi connectivity index (χ1) is 11.1. The Morgan fingerprint density at radius 1 is 1.43 bits per heavy atom. The number of hydrogen-bond acceptors (Lipinski definition) is 7. The van der Waals surface area contributed by atoms with Crippen molar-refractivity contribution >= 4 is 16.9 Å². The van der Waals surface area contributed by atoms with Crippen molar-refractivity contribution in [3.8, 4) is 11.5 Å². The number of ether oxygens (including phenoxy) is 1. The first-order valence-electron chi connectivity index (χ1n) is 7.25. The fourth-order valence-corrected chi connectivity index (χ4v) is 3.47. The molecule has 0 saturated carbocycles. The average Bonchev–Trinajstić information content (AvgIpc) is 2.94. The van der Waals surface area contributed by atoms with Crippen LogP contribution in [0, 0.1) is 6.92 Å². The van der Waals surface area contributed by atoms with Gasteiger partial charge in [0, 0.05) is 18.6 Å². The summed E-state index contributed by atoms with van der Waals surface area (Å²) < 4.78 is 13.1. The zero-order valence-electron chi connectivity index (χ0n) is 12.1. The van der Waals surface area contributed by atoms with Gasteiger partial charge in [-0.15, -0.1) is 0 Å². The van der Waals surface area contributed by atoms with Crippen molar-refractivity contribution in [2.45, 2.75) is 25.6 Å². The molecule has 2 bridgehead atoms. The predicted molar refractivity (Wildman–Crippen MR) is 79.7 cm³/mol. The average molecular weight is 312 g/mol. The first-order valence-corrected chi connectivity index (χ1v) is 7.25. The largest absolute Gasteiger partial charge is 0.507 e. The van der Waals surface area contributed by atoms with Gasteiger partial charge in [0.25, 0.3) is 0 Å². The van der Waals surface area contributed by atoms with E-state index in [1.807, 2.05) is 0 Å². The summed E-state index contributed by atoms with van der Waals surface area (Å²) in [6.07, 6.45) is 1.82. The van der Waals surface area contributed by atoms with Gasteiger partial charge in [-0.1, -0.05) is 0 Å². The number of nitrogens with one attached hydrogen (secondary N) is 1. The van der Waals surface area contributed by atoms with Gasteiger partial charge in [-0.05, 0) is 12.5 Å². The van der Waals surface area contributed by atoms with Gasteiger partial charge >= 0.3 is 5.63 Å². The molecule has 3 aromatic rings. The fourth-order valence-electron chi connectivity index (χ4n) is 3.47. The van der Waals surface area contributed by atoms with Gasteiger partial charge in [0.1, 0.15) is 17.8 Å². The second-order valence-corrected chi connectivity index (χ2v) is 5.79. The minimum absolute atomic E-state index is 0.0267. The molecule has 0 saturated heterocycles. The number of hydrogen-bond donors (Lipinski definition) is 2. The Balaban J connectivity index is 1.91. The van der Waals surface area contributed by atoms with Crippen LogP contribution in [0.3, 0.4) is 0 Å². The van der Waals surface area contributed by atoms with Crippen molar-refractivity contribution in [3.05, 3.63) is 40.0 Å². The topological polar surface area (TPSA) is 102 Å². The molecule has 0 spiro atoms. The third kappa shape index (κ3) is 1.57. The lowest BCUT2D eigenvalue weighted by atomic mass is 9.94. The van der Waals surface area contributed by atoms with Crippen molar-refractivity contribution in [3.63, 3.8) is 0 Å². The van der Waals surface area contributed by atoms with Crippen LogP contribution in [0.4, 0.5) is 5.95 Å². The fraction of sp³-hybridized carbons (Fsp3) is 0.267. The quantitative estimate of drug-likeness (QED) is 0.607. The van der Waals surface area contributed by atoms with E-state index in [9.17, 15) is 9.90 Å². The van der Waals surface area contributed by atoms with Crippen LogP contribution in [0.25, 0.3) is 11.0 Å². The molecule has 0 amide bonds. The molecule has 2 aliphatic rings. The summed E-state index contributed by atoms with van der Waals surface area (Å²) in [5.41, 5.74) is 1.25. The maximum atomic E-state index is 11.8. The molecule has 23 heavy (non-hydrogen) atoms. The number of rotatable bonds is 0. The summed E-state index contributed by atoms with van der Waals surface area (Å²) in [5, 5.41) is 18.2. The molecule has 4 heterocycles. The number of aromatic hydroxyl groups is 1. The molecule has 0 radical (unpaired) electrons. The third-order valence-corrected chi connectivity index (χ3v) is 4.39. The zero-order chi connectivity index (χ0) is 15.7. The first kappa shape index (κ1) is 12.5. The summed E-state index contributed by atoms with van der Waals surface area (Å²) in [5.74, 6) is 1.12. The molecule has 2 unspecified atom stereocenters. The van der Waals surface area contributed by atoms with Crippen LogP contribution in [0.15, 0.2) is 27.7 Å². The second kappa shape index (κ2) is 4.03. The van der Waals surface area contributed by atoms with E-state index in [2.05, 4.69) is 15.4 Å². The number of nitrogens with zero attached hydrogens (tertiary/aromatic N) is 3. The number of aryl methyl sites for hydroxylation is 1. The van der Waals surface area contributed by atoms with Crippen molar-refractivity contribution in [1.29, 1.82) is 0 Å². The van der Waals surface area contributed by atoms with Gasteiger partial charge in [0.05, 0.1) is 17.0 Å². The molecule has 116 valence electrons. The van der Waals surface area contributed by atoms with Crippen LogP contribution in [0.1, 0.15) is 23.6 Å². The third-order valence-electron chi connectivity index (χ3n) is 4.39. The molecule has 8 nitrogen and oxygen atoms in total. The summed E-state index contributed by atoms with van der Waals surface area (Å²) in [6, 6.07) is 2.76. The smallest absolute Gasteiger partial charge is 0.336 e. The lowest BCUT2D eigenvalue weighted by molar-refractivity contribution is 0.157. The van der Waals surface area contributed by atoms with Crippen molar-refractivity contribution in [1.82, 2.24) is 14.8 Å². The normalized spacial score (nSPS) is 21.3. The van der Waals surface area contributed by atoms with Crippen molar-refractivity contribution in [2.75, 3.05) is 5.32 Å². The molecule has 8 heteroatoms. The lowest BCUT2D eigenvalue weighted by Gasteiger charge is -2.37. The van der Waals surface area contributed by atoms with Gasteiger partial charge in [-0.3, -0.25) is 0 Å². The van der Waals surface area contributed by atoms with Crippen LogP contribution in [-0.4, -0.2) is 26.1 Å². The Labute approximate surface area is 129 Å². The van der Waals surface area contributed by atoms with Gasteiger partial charge in [0.15, 0.2) is 11.8 Å². The Morgan fingerprint density at radius 3 is 3.17 bits per heavy atom. The molecule has 5 rings (SSSR count). The van der Waals surface area contributed by atoms with E-state index in [1.165, 1.54) is 12.4 Å². The Hall–Kier alpha value is -3.03. The van der Waals surface area contributed by atoms with Crippen LogP contribution >= 0.6 is 0 Å². The Bertz CT molecular complexity index is 1020. The molecule has 2 atom stereocenters. The molecule has 0 aliphatic carbocycles. The number of phenols is 1. The highest BCUT2D eigenvalue weighted by atomic mass is 16.5. The highest BCUT2D eigenvalue weighted by Gasteiger charge is 2.39. The maximum Gasteiger partial charge on any atom is 0.336 e. The minimum Gasteiger partial charge on any atom is -0.507 e. The van der Waals surface area contributed by atoms with Crippen LogP contribution < -0.4 is 15.7 Å². The van der Waals surface area contributed by atoms with Crippen LogP contribution in [-0.2, 0) is 0 Å². The summed E-state index contributed by atoms with van der Waals surface area (Å²) >= 11 is 0. The van der Waals surface area contributed by atoms with Crippen molar-refractivity contribution < 1.29 is 14.3 Å². The van der Waals surface area contributed by atoms with E-state index in [-0.39, 0.29) is 18.0 Å². The Kier molecular flexibility index (Phi) is 2.19. The van der Waals surface area contributed by atoms with Crippen LogP contribution in [0.2, 0.25) is 0 Å². The van der Waals surface area contributed by atoms with E-state index in [0.717, 1.165) is 0 Å². The number of fused-ring (bicyclic) bond motifs is 8. The van der Waals surface area contributed by atoms with E-state index < -0.39 is 5.63 Å². The number of benzene rings is 1. The van der Waals surface area contributed by atoms with Gasteiger partial charge in [-0.25, -0.2) is 9.48 Å². The number of anilines is 1. The molecule has 2 aromatic heterocycles. The molecular formula is C15H12N4O4. The van der Waals surface area contributed by atoms with E-state index in [4.69, 9.17) is 9.15 Å². The predicted octanol–water partition coefficient (Wildman–Crippen LogP) is 1.52. The number of aromatic nitrogens is 3. The monoisotopic (exact) mass is 312 g/mol. The highest BCUT2D eigenvalue weighted by Crippen LogP contribution is 2.47. The second-order valence-electron chi connectivity index (χ2n) is 5.79. The summed E-state index contributed by atoms with van der Waals surface area (Å²) in [7, 11) is 0. The van der Waals surface area contributed by atoms with E-state index in [1.54, 1.807) is 17.7 Å². The van der Waals surface area contributed by atoms with Gasteiger partial charge in [-0.2, -0.15) is 10.1 Å². The zero-order valence-corrected chi connectivity index (χ0v) is 12.1. The standard InChI is InChI=1S/C15H12N4O4/c1-6-2-11(21)23-14-12(6)8(20)4-9-13(14)7-3-10(22-9)18-15-16-5-17-19(7)15/h2,4-5,7,10,20H,3H2,1H3,(H,16,17,18). The Morgan fingerprint density at radius 2 is 2.30 bits per heavy atom. The molecule has 0 fully saturated rings. The maximum absolute atomic E-state index is 11.8. The van der Waals surface area contributed by atoms with Gasteiger partial charge in [0.2, 0.25) is 5.95 Å². The number of phenolic OH excluding ortho intramolecular Hbond substituents is 1. The molecule has 2 N–H and O–H groups in total. The van der Waals surface area contributed by atoms with E-state index >= 15 is 0 Å². The molecular weight excluding hydrogens is 300 g/mol. The molecule has 1 aromatic carbocycles. The lowest BCUT2D eigenvalue weighted by Crippen LogP contribution is -2.40. The summed E-state index contributed by atoms with van der Waals surface area (Å²) in [4.78, 5) is 16.0. The van der Waals surface area contributed by atoms with Crippen molar-refractivity contribution in [2.24, 2.45) is 0 Å². The summed E-state index contributed by atoms with van der Waals surface area (Å²) in [6.45, 7) is 1.77. The van der Waals surface area contributed by atoms with Gasteiger partial charge < -0.3 is 19.6 Å². The molecule has 2 aliphatic heterocycles.